The van der Waals surface area contributed by atoms with Crippen LogP contribution in [0.3, 0.4) is 0 Å². The van der Waals surface area contributed by atoms with Gasteiger partial charge in [0.25, 0.3) is 5.91 Å². The average Bonchev–Trinajstić information content (AvgIpc) is 2.76. The Balaban J connectivity index is 0.00000144. The minimum Gasteiger partial charge on any atom is -0.338 e. The molecule has 2 N–H and O–H groups in total. The summed E-state index contributed by atoms with van der Waals surface area (Å²) in [5.74, 6) is 0.494. The summed E-state index contributed by atoms with van der Waals surface area (Å²) in [5.41, 5.74) is 6.23. The average molecular weight is 357 g/mol. The van der Waals surface area contributed by atoms with Crippen molar-refractivity contribution in [3.05, 3.63) is 28.5 Å². The van der Waals surface area contributed by atoms with Gasteiger partial charge in [0.05, 0.1) is 5.56 Å². The Morgan fingerprint density at radius 1 is 1.50 bits per heavy atom. The number of carbonyl (C=O) groups is 1. The number of hydrogen-bond acceptors (Lipinski definition) is 3. The highest BCUT2D eigenvalue weighted by atomic mass is 79.9. The molecule has 1 amide bonds. The summed E-state index contributed by atoms with van der Waals surface area (Å²) in [6.07, 6.45) is 4.27. The molecule has 1 aliphatic heterocycles. The van der Waals surface area contributed by atoms with Crippen molar-refractivity contribution in [3.63, 3.8) is 0 Å². The van der Waals surface area contributed by atoms with Crippen molar-refractivity contribution in [2.45, 2.75) is 6.42 Å². The normalized spacial score (nSPS) is 17.9. The van der Waals surface area contributed by atoms with Gasteiger partial charge in [-0.05, 0) is 40.9 Å². The second kappa shape index (κ2) is 7.94. The van der Waals surface area contributed by atoms with Crippen LogP contribution >= 0.6 is 40.7 Å². The van der Waals surface area contributed by atoms with Crippen LogP contribution in [0, 0.1) is 5.92 Å². The second-order valence-electron chi connectivity index (χ2n) is 4.03. The van der Waals surface area contributed by atoms with Crippen LogP contribution in [0.1, 0.15) is 16.8 Å². The molecule has 0 radical (unpaired) electrons. The van der Waals surface area contributed by atoms with Crippen molar-refractivity contribution in [2.24, 2.45) is 11.7 Å². The van der Waals surface area contributed by atoms with E-state index in [0.29, 0.717) is 18.0 Å². The molecule has 102 valence electrons. The van der Waals surface area contributed by atoms with Crippen LogP contribution in [0.5, 0.6) is 0 Å². The van der Waals surface area contributed by atoms with Gasteiger partial charge in [-0.3, -0.25) is 9.78 Å². The first-order valence-electron chi connectivity index (χ1n) is 5.30. The highest BCUT2D eigenvalue weighted by Crippen LogP contribution is 2.18. The quantitative estimate of drug-likeness (QED) is 0.882. The van der Waals surface area contributed by atoms with Gasteiger partial charge in [-0.2, -0.15) is 0 Å². The van der Waals surface area contributed by atoms with Gasteiger partial charge < -0.3 is 10.6 Å². The summed E-state index contributed by atoms with van der Waals surface area (Å²) in [5, 5.41) is 0. The fourth-order valence-electron chi connectivity index (χ4n) is 1.92. The van der Waals surface area contributed by atoms with Crippen LogP contribution < -0.4 is 5.73 Å². The van der Waals surface area contributed by atoms with Crippen LogP contribution in [0.25, 0.3) is 0 Å². The minimum atomic E-state index is 0. The van der Waals surface area contributed by atoms with E-state index in [4.69, 9.17) is 5.73 Å². The molecule has 0 saturated carbocycles. The lowest BCUT2D eigenvalue weighted by atomic mass is 10.1. The molecule has 0 spiro atoms. The molecule has 1 aromatic heterocycles. The predicted molar refractivity (Wildman–Crippen MR) is 79.5 cm³/mol. The second-order valence-corrected chi connectivity index (χ2v) is 4.95. The molecular formula is C11H16BrCl2N3O. The zero-order valence-electron chi connectivity index (χ0n) is 9.71. The number of carbonyl (C=O) groups excluding carboxylic acids is 1. The summed E-state index contributed by atoms with van der Waals surface area (Å²) in [4.78, 5) is 17.9. The van der Waals surface area contributed by atoms with Gasteiger partial charge in [0.15, 0.2) is 0 Å². The molecule has 1 atom stereocenters. The summed E-state index contributed by atoms with van der Waals surface area (Å²) in [6, 6.07) is 1.80. The maximum Gasteiger partial charge on any atom is 0.255 e. The number of halogens is 3. The van der Waals surface area contributed by atoms with Crippen molar-refractivity contribution in [3.8, 4) is 0 Å². The fraction of sp³-hybridized carbons (Fsp3) is 0.455. The topological polar surface area (TPSA) is 59.2 Å². The van der Waals surface area contributed by atoms with Crippen LogP contribution in [0.2, 0.25) is 0 Å². The van der Waals surface area contributed by atoms with Crippen LogP contribution in [0.15, 0.2) is 22.9 Å². The van der Waals surface area contributed by atoms with Gasteiger partial charge >= 0.3 is 0 Å². The number of amides is 1. The highest BCUT2D eigenvalue weighted by Gasteiger charge is 2.26. The Labute approximate surface area is 127 Å². The summed E-state index contributed by atoms with van der Waals surface area (Å²) >= 11 is 3.31. The molecule has 18 heavy (non-hydrogen) atoms. The third-order valence-electron chi connectivity index (χ3n) is 2.86. The number of pyridine rings is 1. The molecule has 2 rings (SSSR count). The molecular weight excluding hydrogens is 341 g/mol. The monoisotopic (exact) mass is 355 g/mol. The number of hydrogen-bond donors (Lipinski definition) is 1. The molecule has 0 aliphatic carbocycles. The van der Waals surface area contributed by atoms with Crippen molar-refractivity contribution < 1.29 is 4.79 Å². The van der Waals surface area contributed by atoms with Crippen molar-refractivity contribution in [1.82, 2.24) is 9.88 Å². The number of rotatable bonds is 2. The van der Waals surface area contributed by atoms with E-state index in [9.17, 15) is 4.79 Å². The lowest BCUT2D eigenvalue weighted by Crippen LogP contribution is -2.29. The van der Waals surface area contributed by atoms with Crippen molar-refractivity contribution >= 4 is 46.7 Å². The van der Waals surface area contributed by atoms with Gasteiger partial charge in [-0.25, -0.2) is 0 Å². The standard InChI is InChI=1S/C11H14BrN3O.2ClH/c12-10-3-9(5-14-6-10)11(16)15-2-1-8(4-13)7-15;;/h3,5-6,8H,1-2,4,7,13H2;2*1H. The first kappa shape index (κ1) is 17.6. The molecule has 1 unspecified atom stereocenters. The van der Waals surface area contributed by atoms with E-state index < -0.39 is 0 Å². The van der Waals surface area contributed by atoms with Gasteiger partial charge in [0, 0.05) is 30.0 Å². The Hall–Kier alpha value is -0.360. The summed E-state index contributed by atoms with van der Waals surface area (Å²) < 4.78 is 0.827. The minimum absolute atomic E-state index is 0. The Bertz CT molecular complexity index is 406. The Kier molecular flexibility index (Phi) is 7.78. The molecule has 1 saturated heterocycles. The predicted octanol–water partition coefficient (Wildman–Crippen LogP) is 2.11. The zero-order chi connectivity index (χ0) is 11.5. The van der Waals surface area contributed by atoms with Gasteiger partial charge in [-0.15, -0.1) is 24.8 Å². The number of nitrogens with zero attached hydrogens (tertiary/aromatic N) is 2. The SMILES string of the molecule is Cl.Cl.NCC1CCN(C(=O)c2cncc(Br)c2)C1. The van der Waals surface area contributed by atoms with Crippen LogP contribution in [0.4, 0.5) is 0 Å². The summed E-state index contributed by atoms with van der Waals surface area (Å²) in [6.45, 7) is 2.22. The lowest BCUT2D eigenvalue weighted by molar-refractivity contribution is 0.0787. The molecule has 0 bridgehead atoms. The van der Waals surface area contributed by atoms with Gasteiger partial charge in [0.1, 0.15) is 0 Å². The zero-order valence-corrected chi connectivity index (χ0v) is 12.9. The lowest BCUT2D eigenvalue weighted by Gasteiger charge is -2.16. The largest absolute Gasteiger partial charge is 0.338 e. The molecule has 7 heteroatoms. The van der Waals surface area contributed by atoms with E-state index in [2.05, 4.69) is 20.9 Å². The van der Waals surface area contributed by atoms with E-state index in [1.54, 1.807) is 18.5 Å². The fourth-order valence-corrected chi connectivity index (χ4v) is 2.29. The van der Waals surface area contributed by atoms with Crippen LogP contribution in [-0.4, -0.2) is 35.4 Å². The molecule has 1 aromatic rings. The smallest absolute Gasteiger partial charge is 0.255 e. The molecule has 1 aliphatic rings. The van der Waals surface area contributed by atoms with Gasteiger partial charge in [0.2, 0.25) is 0 Å². The van der Waals surface area contributed by atoms with E-state index in [0.717, 1.165) is 24.0 Å². The van der Waals surface area contributed by atoms with Crippen molar-refractivity contribution in [1.29, 1.82) is 0 Å². The number of nitrogens with two attached hydrogens (primary N) is 1. The third kappa shape index (κ3) is 4.09. The summed E-state index contributed by atoms with van der Waals surface area (Å²) in [7, 11) is 0. The molecule has 1 fully saturated rings. The highest BCUT2D eigenvalue weighted by molar-refractivity contribution is 9.10. The first-order chi connectivity index (χ1) is 7.70. The Morgan fingerprint density at radius 2 is 2.22 bits per heavy atom. The van der Waals surface area contributed by atoms with Gasteiger partial charge in [-0.1, -0.05) is 0 Å². The Morgan fingerprint density at radius 3 is 2.78 bits per heavy atom. The number of aromatic nitrogens is 1. The van der Waals surface area contributed by atoms with E-state index >= 15 is 0 Å². The molecule has 2 heterocycles. The maximum atomic E-state index is 12.1. The maximum absolute atomic E-state index is 12.1. The number of likely N-dealkylation sites (tertiary alicyclic amines) is 1. The van der Waals surface area contributed by atoms with Crippen LogP contribution in [-0.2, 0) is 0 Å². The molecule has 0 aromatic carbocycles. The third-order valence-corrected chi connectivity index (χ3v) is 3.29. The molecule has 4 nitrogen and oxygen atoms in total. The van der Waals surface area contributed by atoms with E-state index in [-0.39, 0.29) is 30.7 Å². The van der Waals surface area contributed by atoms with Crippen molar-refractivity contribution in [2.75, 3.05) is 19.6 Å². The van der Waals surface area contributed by atoms with E-state index in [1.165, 1.54) is 0 Å². The van der Waals surface area contributed by atoms with E-state index in [1.807, 2.05) is 4.90 Å². The first-order valence-corrected chi connectivity index (χ1v) is 6.10.